The molecule has 0 unspecified atom stereocenters. The molecule has 2 N–H and O–H groups in total. The van der Waals surface area contributed by atoms with Crippen LogP contribution in [0.3, 0.4) is 0 Å². The highest BCUT2D eigenvalue weighted by molar-refractivity contribution is 9.10. The third-order valence-corrected chi connectivity index (χ3v) is 3.42. The number of benzene rings is 2. The molecule has 2 nitrogen and oxygen atoms in total. The average Bonchev–Trinajstić information content (AvgIpc) is 2.39. The van der Waals surface area contributed by atoms with Crippen molar-refractivity contribution in [1.82, 2.24) is 4.98 Å². The zero-order valence-corrected chi connectivity index (χ0v) is 11.2. The van der Waals surface area contributed by atoms with Crippen molar-refractivity contribution in [1.29, 1.82) is 0 Å². The first kappa shape index (κ1) is 11.2. The van der Waals surface area contributed by atoms with Crippen LogP contribution in [0.4, 0.5) is 5.69 Å². The second-order valence-electron chi connectivity index (χ2n) is 4.12. The maximum Gasteiger partial charge on any atom is 0.0710 e. The second kappa shape index (κ2) is 4.42. The molecule has 0 atom stereocenters. The van der Waals surface area contributed by atoms with Crippen LogP contribution in [0.1, 0.15) is 0 Å². The van der Waals surface area contributed by atoms with Gasteiger partial charge in [0, 0.05) is 15.4 Å². The zero-order chi connectivity index (χ0) is 12.5. The van der Waals surface area contributed by atoms with E-state index in [4.69, 9.17) is 5.73 Å². The minimum Gasteiger partial charge on any atom is -0.397 e. The Balaban J connectivity index is 2.40. The number of hydrogen-bond acceptors (Lipinski definition) is 2. The van der Waals surface area contributed by atoms with E-state index in [1.165, 1.54) is 0 Å². The number of rotatable bonds is 1. The number of pyridine rings is 1. The largest absolute Gasteiger partial charge is 0.397 e. The predicted molar refractivity (Wildman–Crippen MR) is 79.3 cm³/mol. The molecule has 0 amide bonds. The van der Waals surface area contributed by atoms with Crippen LogP contribution in [0.15, 0.2) is 59.2 Å². The van der Waals surface area contributed by atoms with Crippen molar-refractivity contribution in [2.24, 2.45) is 0 Å². The summed E-state index contributed by atoms with van der Waals surface area (Å²) < 4.78 is 1.03. The van der Waals surface area contributed by atoms with Crippen LogP contribution in [0, 0.1) is 0 Å². The summed E-state index contributed by atoms with van der Waals surface area (Å²) in [7, 11) is 0. The fourth-order valence-electron chi connectivity index (χ4n) is 2.11. The molecule has 3 aromatic rings. The number of fused-ring (bicyclic) bond motifs is 1. The normalized spacial score (nSPS) is 10.7. The Kier molecular flexibility index (Phi) is 2.76. The molecule has 0 bridgehead atoms. The molecule has 1 heterocycles. The minimum absolute atomic E-state index is 0.701. The Hall–Kier alpha value is -1.87. The monoisotopic (exact) mass is 298 g/mol. The molecule has 0 saturated carbocycles. The van der Waals surface area contributed by atoms with Crippen LogP contribution in [0.25, 0.3) is 22.0 Å². The van der Waals surface area contributed by atoms with Crippen LogP contribution in [-0.4, -0.2) is 4.98 Å². The lowest BCUT2D eigenvalue weighted by Crippen LogP contribution is -1.93. The summed E-state index contributed by atoms with van der Waals surface area (Å²) in [6.07, 6.45) is 1.72. The van der Waals surface area contributed by atoms with E-state index in [1.807, 2.05) is 30.3 Å². The number of aromatic nitrogens is 1. The third kappa shape index (κ3) is 1.87. The first-order chi connectivity index (χ1) is 8.75. The Labute approximate surface area is 114 Å². The summed E-state index contributed by atoms with van der Waals surface area (Å²) in [5, 5.41) is 1.07. The molecule has 0 aliphatic rings. The molecule has 88 valence electrons. The summed E-state index contributed by atoms with van der Waals surface area (Å²) >= 11 is 3.50. The van der Waals surface area contributed by atoms with E-state index in [9.17, 15) is 0 Å². The van der Waals surface area contributed by atoms with Crippen molar-refractivity contribution in [2.75, 3.05) is 5.73 Å². The van der Waals surface area contributed by atoms with Gasteiger partial charge in [0.2, 0.25) is 0 Å². The SMILES string of the molecule is Nc1cnc2ccc(Br)cc2c1-c1ccccc1. The van der Waals surface area contributed by atoms with Gasteiger partial charge >= 0.3 is 0 Å². The highest BCUT2D eigenvalue weighted by Crippen LogP contribution is 2.33. The summed E-state index contributed by atoms with van der Waals surface area (Å²) in [5.41, 5.74) is 9.90. The smallest absolute Gasteiger partial charge is 0.0710 e. The van der Waals surface area contributed by atoms with Gasteiger partial charge in [0.25, 0.3) is 0 Å². The molecule has 0 spiro atoms. The minimum atomic E-state index is 0.701. The van der Waals surface area contributed by atoms with Crippen LogP contribution in [0.5, 0.6) is 0 Å². The van der Waals surface area contributed by atoms with E-state index in [-0.39, 0.29) is 0 Å². The average molecular weight is 299 g/mol. The second-order valence-corrected chi connectivity index (χ2v) is 5.03. The van der Waals surface area contributed by atoms with Crippen molar-refractivity contribution < 1.29 is 0 Å². The highest BCUT2D eigenvalue weighted by atomic mass is 79.9. The van der Waals surface area contributed by atoms with Gasteiger partial charge in [-0.25, -0.2) is 0 Å². The molecule has 3 rings (SSSR count). The Bertz CT molecular complexity index is 703. The van der Waals surface area contributed by atoms with E-state index in [0.29, 0.717) is 5.69 Å². The van der Waals surface area contributed by atoms with Crippen molar-refractivity contribution in [3.05, 3.63) is 59.2 Å². The zero-order valence-electron chi connectivity index (χ0n) is 9.60. The van der Waals surface area contributed by atoms with Gasteiger partial charge in [-0.3, -0.25) is 4.98 Å². The molecule has 18 heavy (non-hydrogen) atoms. The first-order valence-corrected chi connectivity index (χ1v) is 6.44. The number of nitrogens with two attached hydrogens (primary N) is 1. The van der Waals surface area contributed by atoms with E-state index in [1.54, 1.807) is 6.20 Å². The highest BCUT2D eigenvalue weighted by Gasteiger charge is 2.09. The summed E-state index contributed by atoms with van der Waals surface area (Å²) in [6.45, 7) is 0. The Morgan fingerprint density at radius 1 is 1.00 bits per heavy atom. The number of nitrogen functional groups attached to an aromatic ring is 1. The summed E-state index contributed by atoms with van der Waals surface area (Å²) in [6, 6.07) is 16.2. The molecule has 0 saturated heterocycles. The molecule has 0 aliphatic heterocycles. The van der Waals surface area contributed by atoms with Gasteiger partial charge in [0.05, 0.1) is 17.4 Å². The van der Waals surface area contributed by atoms with E-state index in [2.05, 4.69) is 39.1 Å². The van der Waals surface area contributed by atoms with Crippen LogP contribution < -0.4 is 5.73 Å². The van der Waals surface area contributed by atoms with Gasteiger partial charge in [-0.05, 0) is 23.8 Å². The first-order valence-electron chi connectivity index (χ1n) is 5.65. The van der Waals surface area contributed by atoms with E-state index < -0.39 is 0 Å². The molecular formula is C15H11BrN2. The molecular weight excluding hydrogens is 288 g/mol. The molecule has 0 radical (unpaired) electrons. The molecule has 1 aromatic heterocycles. The van der Waals surface area contributed by atoms with E-state index >= 15 is 0 Å². The molecule has 0 aliphatic carbocycles. The number of hydrogen-bond donors (Lipinski definition) is 1. The van der Waals surface area contributed by atoms with Gasteiger partial charge in [-0.2, -0.15) is 0 Å². The van der Waals surface area contributed by atoms with Crippen molar-refractivity contribution >= 4 is 32.5 Å². The summed E-state index contributed by atoms with van der Waals surface area (Å²) in [5.74, 6) is 0. The van der Waals surface area contributed by atoms with Gasteiger partial charge in [0.1, 0.15) is 0 Å². The maximum absolute atomic E-state index is 6.09. The number of halogens is 1. The maximum atomic E-state index is 6.09. The molecule has 0 fully saturated rings. The predicted octanol–water partition coefficient (Wildman–Crippen LogP) is 4.25. The van der Waals surface area contributed by atoms with Gasteiger partial charge in [-0.1, -0.05) is 46.3 Å². The lowest BCUT2D eigenvalue weighted by Gasteiger charge is -2.10. The topological polar surface area (TPSA) is 38.9 Å². The molecule has 2 aromatic carbocycles. The van der Waals surface area contributed by atoms with Crippen molar-refractivity contribution in [2.45, 2.75) is 0 Å². The van der Waals surface area contributed by atoms with Crippen molar-refractivity contribution in [3.8, 4) is 11.1 Å². The van der Waals surface area contributed by atoms with Gasteiger partial charge in [-0.15, -0.1) is 0 Å². The third-order valence-electron chi connectivity index (χ3n) is 2.92. The summed E-state index contributed by atoms with van der Waals surface area (Å²) in [4.78, 5) is 4.36. The lowest BCUT2D eigenvalue weighted by atomic mass is 10.00. The van der Waals surface area contributed by atoms with Gasteiger partial charge < -0.3 is 5.73 Å². The fraction of sp³-hybridized carbons (Fsp3) is 0. The lowest BCUT2D eigenvalue weighted by molar-refractivity contribution is 1.41. The van der Waals surface area contributed by atoms with E-state index in [0.717, 1.165) is 26.5 Å². The Morgan fingerprint density at radius 2 is 1.78 bits per heavy atom. The fourth-order valence-corrected chi connectivity index (χ4v) is 2.47. The molecule has 3 heteroatoms. The van der Waals surface area contributed by atoms with Crippen LogP contribution in [-0.2, 0) is 0 Å². The standard InChI is InChI=1S/C15H11BrN2/c16-11-6-7-14-12(8-11)15(13(17)9-18-14)10-4-2-1-3-5-10/h1-9H,17H2. The number of nitrogens with zero attached hydrogens (tertiary/aromatic N) is 1. The van der Waals surface area contributed by atoms with Crippen molar-refractivity contribution in [3.63, 3.8) is 0 Å². The quantitative estimate of drug-likeness (QED) is 0.729. The van der Waals surface area contributed by atoms with Gasteiger partial charge in [0.15, 0.2) is 0 Å². The van der Waals surface area contributed by atoms with Crippen LogP contribution in [0.2, 0.25) is 0 Å². The van der Waals surface area contributed by atoms with Crippen LogP contribution >= 0.6 is 15.9 Å². The Morgan fingerprint density at radius 3 is 2.56 bits per heavy atom. The number of anilines is 1.